The minimum atomic E-state index is -0.232. The Hall–Kier alpha value is -0.870. The molecule has 1 heterocycles. The summed E-state index contributed by atoms with van der Waals surface area (Å²) in [7, 11) is 0. The predicted molar refractivity (Wildman–Crippen MR) is 61.6 cm³/mol. The monoisotopic (exact) mass is 224 g/mol. The van der Waals surface area contributed by atoms with E-state index in [2.05, 4.69) is 23.0 Å². The number of hydrogen-bond acceptors (Lipinski definition) is 3. The summed E-state index contributed by atoms with van der Waals surface area (Å²) < 4.78 is 0. The van der Waals surface area contributed by atoms with Crippen LogP contribution in [0.1, 0.15) is 24.0 Å². The van der Waals surface area contributed by atoms with Gasteiger partial charge in [0.25, 0.3) is 0 Å². The number of nitrogens with two attached hydrogens (primary N) is 1. The molecule has 15 heavy (non-hydrogen) atoms. The summed E-state index contributed by atoms with van der Waals surface area (Å²) in [6, 6.07) is 0. The third kappa shape index (κ3) is 2.06. The molecule has 2 rings (SSSR count). The SMILES string of the molecule is Cc1cscc1CNC(=O)C1(CN)CC1. The maximum Gasteiger partial charge on any atom is 0.227 e. The number of hydrogen-bond donors (Lipinski definition) is 2. The first kappa shape index (κ1) is 10.6. The highest BCUT2D eigenvalue weighted by Gasteiger charge is 2.48. The molecule has 0 unspecified atom stereocenters. The van der Waals surface area contributed by atoms with Crippen LogP contribution in [0, 0.1) is 12.3 Å². The largest absolute Gasteiger partial charge is 0.351 e. The molecule has 82 valence electrons. The Bertz CT molecular complexity index is 368. The van der Waals surface area contributed by atoms with E-state index in [0.29, 0.717) is 13.1 Å². The van der Waals surface area contributed by atoms with Gasteiger partial charge in [0.1, 0.15) is 0 Å². The lowest BCUT2D eigenvalue weighted by molar-refractivity contribution is -0.126. The fraction of sp³-hybridized carbons (Fsp3) is 0.545. The molecule has 1 fully saturated rings. The van der Waals surface area contributed by atoms with Crippen molar-refractivity contribution >= 4 is 17.2 Å². The van der Waals surface area contributed by atoms with Crippen molar-refractivity contribution in [2.75, 3.05) is 6.54 Å². The zero-order chi connectivity index (χ0) is 10.9. The Balaban J connectivity index is 1.89. The zero-order valence-corrected chi connectivity index (χ0v) is 9.69. The minimum Gasteiger partial charge on any atom is -0.351 e. The summed E-state index contributed by atoms with van der Waals surface area (Å²) >= 11 is 1.67. The van der Waals surface area contributed by atoms with Gasteiger partial charge in [0, 0.05) is 13.1 Å². The van der Waals surface area contributed by atoms with E-state index in [1.165, 1.54) is 11.1 Å². The predicted octanol–water partition coefficient (Wildman–Crippen LogP) is 1.41. The molecule has 3 N–H and O–H groups in total. The molecule has 1 aromatic rings. The highest BCUT2D eigenvalue weighted by molar-refractivity contribution is 7.08. The first-order valence-corrected chi connectivity index (χ1v) is 6.12. The number of carbonyl (C=O) groups excluding carboxylic acids is 1. The molecular formula is C11H16N2OS. The number of nitrogens with one attached hydrogen (secondary N) is 1. The number of rotatable bonds is 4. The quantitative estimate of drug-likeness (QED) is 0.812. The van der Waals surface area contributed by atoms with Crippen molar-refractivity contribution in [1.29, 1.82) is 0 Å². The highest BCUT2D eigenvalue weighted by atomic mass is 32.1. The van der Waals surface area contributed by atoms with E-state index in [-0.39, 0.29) is 11.3 Å². The Kier molecular flexibility index (Phi) is 2.80. The van der Waals surface area contributed by atoms with E-state index in [9.17, 15) is 4.79 Å². The van der Waals surface area contributed by atoms with Crippen molar-refractivity contribution in [3.63, 3.8) is 0 Å². The number of amides is 1. The summed E-state index contributed by atoms with van der Waals surface area (Å²) in [5.41, 5.74) is 7.82. The van der Waals surface area contributed by atoms with Crippen LogP contribution in [0.4, 0.5) is 0 Å². The van der Waals surface area contributed by atoms with Gasteiger partial charge in [-0.3, -0.25) is 4.79 Å². The van der Waals surface area contributed by atoms with Crippen molar-refractivity contribution in [2.24, 2.45) is 11.1 Å². The van der Waals surface area contributed by atoms with E-state index >= 15 is 0 Å². The van der Waals surface area contributed by atoms with Crippen LogP contribution in [0.15, 0.2) is 10.8 Å². The summed E-state index contributed by atoms with van der Waals surface area (Å²) in [5, 5.41) is 7.14. The summed E-state index contributed by atoms with van der Waals surface area (Å²) in [6.45, 7) is 3.17. The van der Waals surface area contributed by atoms with Gasteiger partial charge >= 0.3 is 0 Å². The molecule has 1 aromatic heterocycles. The fourth-order valence-electron chi connectivity index (χ4n) is 1.61. The average Bonchev–Trinajstić information content (AvgIpc) is 2.94. The van der Waals surface area contributed by atoms with E-state index in [0.717, 1.165) is 12.8 Å². The van der Waals surface area contributed by atoms with Crippen LogP contribution in [0.2, 0.25) is 0 Å². The molecule has 0 bridgehead atoms. The Morgan fingerprint density at radius 2 is 2.33 bits per heavy atom. The third-order valence-electron chi connectivity index (χ3n) is 3.13. The highest BCUT2D eigenvalue weighted by Crippen LogP contribution is 2.44. The second-order valence-electron chi connectivity index (χ2n) is 4.25. The van der Waals surface area contributed by atoms with E-state index in [1.807, 2.05) is 0 Å². The van der Waals surface area contributed by atoms with Crippen molar-refractivity contribution in [2.45, 2.75) is 26.3 Å². The van der Waals surface area contributed by atoms with Gasteiger partial charge in [-0.15, -0.1) is 0 Å². The maximum absolute atomic E-state index is 11.8. The third-order valence-corrected chi connectivity index (χ3v) is 4.04. The van der Waals surface area contributed by atoms with E-state index < -0.39 is 0 Å². The number of thiophene rings is 1. The van der Waals surface area contributed by atoms with Crippen LogP contribution in [0.25, 0.3) is 0 Å². The lowest BCUT2D eigenvalue weighted by Gasteiger charge is -2.12. The number of aryl methyl sites for hydroxylation is 1. The lowest BCUT2D eigenvalue weighted by Crippen LogP contribution is -2.36. The maximum atomic E-state index is 11.8. The standard InChI is InChI=1S/C11H16N2OS/c1-8-5-15-6-9(8)4-13-10(14)11(7-12)2-3-11/h5-6H,2-4,7,12H2,1H3,(H,13,14). The first-order valence-electron chi connectivity index (χ1n) is 5.18. The molecule has 0 aromatic carbocycles. The topological polar surface area (TPSA) is 55.1 Å². The lowest BCUT2D eigenvalue weighted by atomic mass is 10.1. The minimum absolute atomic E-state index is 0.121. The normalized spacial score (nSPS) is 17.5. The van der Waals surface area contributed by atoms with Crippen molar-refractivity contribution in [3.8, 4) is 0 Å². The Morgan fingerprint density at radius 3 is 2.80 bits per heavy atom. The molecule has 1 amide bonds. The van der Waals surface area contributed by atoms with Gasteiger partial charge in [0.15, 0.2) is 0 Å². The van der Waals surface area contributed by atoms with Crippen LogP contribution in [-0.4, -0.2) is 12.5 Å². The molecule has 1 saturated carbocycles. The molecule has 0 atom stereocenters. The van der Waals surface area contributed by atoms with Gasteiger partial charge in [0.05, 0.1) is 5.41 Å². The zero-order valence-electron chi connectivity index (χ0n) is 8.88. The Morgan fingerprint density at radius 1 is 1.60 bits per heavy atom. The second-order valence-corrected chi connectivity index (χ2v) is 4.99. The number of carbonyl (C=O) groups is 1. The van der Waals surface area contributed by atoms with Gasteiger partial charge in [-0.1, -0.05) is 0 Å². The van der Waals surface area contributed by atoms with Crippen molar-refractivity contribution in [3.05, 3.63) is 21.9 Å². The molecule has 3 nitrogen and oxygen atoms in total. The molecule has 1 aliphatic carbocycles. The molecule has 1 aliphatic rings. The van der Waals surface area contributed by atoms with Crippen LogP contribution in [-0.2, 0) is 11.3 Å². The molecule has 4 heteroatoms. The van der Waals surface area contributed by atoms with Crippen LogP contribution >= 0.6 is 11.3 Å². The van der Waals surface area contributed by atoms with Crippen molar-refractivity contribution < 1.29 is 4.79 Å². The average molecular weight is 224 g/mol. The van der Waals surface area contributed by atoms with E-state index in [1.54, 1.807) is 11.3 Å². The van der Waals surface area contributed by atoms with Gasteiger partial charge in [0.2, 0.25) is 5.91 Å². The molecule has 0 spiro atoms. The van der Waals surface area contributed by atoms with Gasteiger partial charge < -0.3 is 11.1 Å². The van der Waals surface area contributed by atoms with E-state index in [4.69, 9.17) is 5.73 Å². The second kappa shape index (κ2) is 3.94. The van der Waals surface area contributed by atoms with Crippen molar-refractivity contribution in [1.82, 2.24) is 5.32 Å². The first-order chi connectivity index (χ1) is 7.18. The Labute approximate surface area is 93.7 Å². The fourth-order valence-corrected chi connectivity index (χ4v) is 2.46. The molecular weight excluding hydrogens is 208 g/mol. The summed E-state index contributed by atoms with van der Waals surface area (Å²) in [4.78, 5) is 11.8. The van der Waals surface area contributed by atoms with Gasteiger partial charge in [-0.2, -0.15) is 11.3 Å². The van der Waals surface area contributed by atoms with Gasteiger partial charge in [-0.25, -0.2) is 0 Å². The van der Waals surface area contributed by atoms with Gasteiger partial charge in [-0.05, 0) is 41.7 Å². The molecule has 0 aliphatic heterocycles. The van der Waals surface area contributed by atoms with Crippen LogP contribution in [0.3, 0.4) is 0 Å². The van der Waals surface area contributed by atoms with Crippen LogP contribution in [0.5, 0.6) is 0 Å². The molecule has 0 radical (unpaired) electrons. The summed E-state index contributed by atoms with van der Waals surface area (Å²) in [6.07, 6.45) is 1.88. The molecule has 0 saturated heterocycles. The summed E-state index contributed by atoms with van der Waals surface area (Å²) in [5.74, 6) is 0.121. The smallest absolute Gasteiger partial charge is 0.227 e. The van der Waals surface area contributed by atoms with Crippen LogP contribution < -0.4 is 11.1 Å².